The Balaban J connectivity index is 2.01. The van der Waals surface area contributed by atoms with Crippen LogP contribution in [-0.4, -0.2) is 31.1 Å². The number of hydrogen-bond acceptors (Lipinski definition) is 6. The Bertz CT molecular complexity index is 652. The van der Waals surface area contributed by atoms with Gasteiger partial charge in [0, 0.05) is 0 Å². The highest BCUT2D eigenvalue weighted by Crippen LogP contribution is 2.38. The van der Waals surface area contributed by atoms with Crippen molar-refractivity contribution in [3.63, 3.8) is 0 Å². The Kier molecular flexibility index (Phi) is 6.58. The summed E-state index contributed by atoms with van der Waals surface area (Å²) in [6, 6.07) is 0. The van der Waals surface area contributed by atoms with Crippen LogP contribution in [0.3, 0.4) is 0 Å². The number of thiophene rings is 1. The van der Waals surface area contributed by atoms with Crippen LogP contribution < -0.4 is 5.32 Å². The normalized spacial score (nSPS) is 18.8. The molecule has 0 bridgehead atoms. The van der Waals surface area contributed by atoms with Crippen LogP contribution in [0.4, 0.5) is 5.00 Å². The number of rotatable bonds is 8. The lowest BCUT2D eigenvalue weighted by atomic mass is 10.0. The maximum atomic E-state index is 12.3. The number of esters is 2. The average molecular weight is 367 g/mol. The van der Waals surface area contributed by atoms with E-state index in [0.717, 1.165) is 18.4 Å². The second-order valence-corrected chi connectivity index (χ2v) is 7.64. The monoisotopic (exact) mass is 367 g/mol. The molecule has 1 aromatic heterocycles. The summed E-state index contributed by atoms with van der Waals surface area (Å²) in [6.45, 7) is 7.75. The molecule has 1 aliphatic carbocycles. The highest BCUT2D eigenvalue weighted by atomic mass is 32.1. The molecule has 1 N–H and O–H groups in total. The molecule has 0 saturated heterocycles. The Morgan fingerprint density at radius 2 is 2.00 bits per heavy atom. The Morgan fingerprint density at radius 1 is 1.32 bits per heavy atom. The van der Waals surface area contributed by atoms with E-state index < -0.39 is 11.9 Å². The van der Waals surface area contributed by atoms with Crippen molar-refractivity contribution >= 4 is 34.2 Å². The van der Waals surface area contributed by atoms with Gasteiger partial charge in [-0.2, -0.15) is 0 Å². The summed E-state index contributed by atoms with van der Waals surface area (Å²) in [4.78, 5) is 36.0. The topological polar surface area (TPSA) is 81.7 Å². The number of anilines is 1. The predicted molar refractivity (Wildman–Crippen MR) is 95.7 cm³/mol. The fraction of sp³-hybridized carbons (Fsp3) is 0.611. The van der Waals surface area contributed by atoms with Crippen molar-refractivity contribution in [2.24, 2.45) is 17.8 Å². The maximum Gasteiger partial charge on any atom is 0.341 e. The number of amides is 1. The molecule has 1 amide bonds. The van der Waals surface area contributed by atoms with Gasteiger partial charge >= 0.3 is 11.9 Å². The van der Waals surface area contributed by atoms with Gasteiger partial charge in [-0.05, 0) is 42.5 Å². The van der Waals surface area contributed by atoms with Gasteiger partial charge in [0.05, 0.1) is 18.1 Å². The third-order valence-corrected chi connectivity index (χ3v) is 4.93. The first-order valence-electron chi connectivity index (χ1n) is 8.57. The van der Waals surface area contributed by atoms with Crippen molar-refractivity contribution < 1.29 is 23.9 Å². The van der Waals surface area contributed by atoms with Crippen LogP contribution in [0.25, 0.3) is 0 Å². The minimum Gasteiger partial charge on any atom is -0.462 e. The maximum absolute atomic E-state index is 12.3. The summed E-state index contributed by atoms with van der Waals surface area (Å²) in [5.41, 5.74) is 1.26. The zero-order valence-corrected chi connectivity index (χ0v) is 15.9. The molecule has 7 heteroatoms. The highest BCUT2D eigenvalue weighted by molar-refractivity contribution is 7.15. The quantitative estimate of drug-likeness (QED) is 0.713. The fourth-order valence-electron chi connectivity index (χ4n) is 2.56. The van der Waals surface area contributed by atoms with E-state index in [0.29, 0.717) is 22.4 Å². The van der Waals surface area contributed by atoms with Gasteiger partial charge in [-0.15, -0.1) is 11.3 Å². The van der Waals surface area contributed by atoms with E-state index in [-0.39, 0.29) is 25.1 Å². The Labute approximate surface area is 151 Å². The van der Waals surface area contributed by atoms with Gasteiger partial charge in [-0.1, -0.05) is 20.8 Å². The molecule has 138 valence electrons. The molecule has 0 radical (unpaired) electrons. The number of carbonyl (C=O) groups is 3. The molecule has 1 saturated carbocycles. The van der Waals surface area contributed by atoms with E-state index in [2.05, 4.69) is 19.2 Å². The minimum absolute atomic E-state index is 0.0812. The number of carbonyl (C=O) groups excluding carboxylic acids is 3. The molecule has 1 aliphatic rings. The lowest BCUT2D eigenvalue weighted by molar-refractivity contribution is -0.148. The van der Waals surface area contributed by atoms with Crippen molar-refractivity contribution in [1.82, 2.24) is 0 Å². The SMILES string of the molecule is CCOC(=O)c1c(CC(C)C)csc1NC(=O)COC(=O)[C@H]1C[C@H]1C. The molecule has 0 unspecified atom stereocenters. The Hall–Kier alpha value is -1.89. The highest BCUT2D eigenvalue weighted by Gasteiger charge is 2.40. The summed E-state index contributed by atoms with van der Waals surface area (Å²) < 4.78 is 10.1. The molecule has 0 aromatic carbocycles. The van der Waals surface area contributed by atoms with Gasteiger partial charge in [0.2, 0.25) is 0 Å². The number of hydrogen-bond donors (Lipinski definition) is 1. The molecule has 0 spiro atoms. The lowest BCUT2D eigenvalue weighted by Gasteiger charge is -2.10. The molecule has 6 nitrogen and oxygen atoms in total. The molecule has 0 aliphatic heterocycles. The van der Waals surface area contributed by atoms with Gasteiger partial charge in [0.25, 0.3) is 5.91 Å². The van der Waals surface area contributed by atoms with Gasteiger partial charge in [0.1, 0.15) is 5.00 Å². The average Bonchev–Trinajstić information content (AvgIpc) is 3.14. The van der Waals surface area contributed by atoms with Crippen LogP contribution in [0, 0.1) is 17.8 Å². The van der Waals surface area contributed by atoms with Gasteiger partial charge in [0.15, 0.2) is 6.61 Å². The molecule has 2 atom stereocenters. The first kappa shape index (κ1) is 19.4. The summed E-state index contributed by atoms with van der Waals surface area (Å²) in [7, 11) is 0. The predicted octanol–water partition coefficient (Wildman–Crippen LogP) is 3.26. The second kappa shape index (κ2) is 8.47. The molecule has 25 heavy (non-hydrogen) atoms. The van der Waals surface area contributed by atoms with Crippen LogP contribution >= 0.6 is 11.3 Å². The zero-order valence-electron chi connectivity index (χ0n) is 15.1. The van der Waals surface area contributed by atoms with Crippen molar-refractivity contribution in [3.8, 4) is 0 Å². The molecule has 1 heterocycles. The first-order valence-corrected chi connectivity index (χ1v) is 9.45. The van der Waals surface area contributed by atoms with Gasteiger partial charge in [-0.25, -0.2) is 4.79 Å². The molecule has 1 fully saturated rings. The van der Waals surface area contributed by atoms with Gasteiger partial charge in [-0.3, -0.25) is 9.59 Å². The summed E-state index contributed by atoms with van der Waals surface area (Å²) in [6.07, 6.45) is 1.53. The van der Waals surface area contributed by atoms with Crippen LogP contribution in [-0.2, 0) is 25.5 Å². The van der Waals surface area contributed by atoms with Crippen molar-refractivity contribution in [3.05, 3.63) is 16.5 Å². The van der Waals surface area contributed by atoms with Crippen molar-refractivity contribution in [2.75, 3.05) is 18.5 Å². The standard InChI is InChI=1S/C18H25NO5S/c1-5-23-18(22)15-12(6-10(2)3)9-25-16(15)19-14(20)8-24-17(21)13-7-11(13)4/h9-11,13H,5-8H2,1-4H3,(H,19,20)/t11-,13+/m1/s1. The van der Waals surface area contributed by atoms with E-state index in [1.54, 1.807) is 6.92 Å². The van der Waals surface area contributed by atoms with Crippen molar-refractivity contribution in [1.29, 1.82) is 0 Å². The molecular weight excluding hydrogens is 342 g/mol. The van der Waals surface area contributed by atoms with Crippen LogP contribution in [0.15, 0.2) is 5.38 Å². The van der Waals surface area contributed by atoms with E-state index in [1.165, 1.54) is 11.3 Å². The van der Waals surface area contributed by atoms with E-state index in [4.69, 9.17) is 9.47 Å². The molecule has 2 rings (SSSR count). The molecule has 1 aromatic rings. The zero-order chi connectivity index (χ0) is 18.6. The van der Waals surface area contributed by atoms with Crippen molar-refractivity contribution in [2.45, 2.75) is 40.5 Å². The summed E-state index contributed by atoms with van der Waals surface area (Å²) in [5, 5.41) is 4.97. The summed E-state index contributed by atoms with van der Waals surface area (Å²) >= 11 is 1.28. The number of ether oxygens (including phenoxy) is 2. The Morgan fingerprint density at radius 3 is 2.56 bits per heavy atom. The van der Waals surface area contributed by atoms with E-state index in [1.807, 2.05) is 12.3 Å². The van der Waals surface area contributed by atoms with Crippen LogP contribution in [0.5, 0.6) is 0 Å². The largest absolute Gasteiger partial charge is 0.462 e. The van der Waals surface area contributed by atoms with Crippen LogP contribution in [0.2, 0.25) is 0 Å². The summed E-state index contributed by atoms with van der Waals surface area (Å²) in [5.74, 6) is -0.611. The number of nitrogens with one attached hydrogen (secondary N) is 1. The second-order valence-electron chi connectivity index (χ2n) is 6.76. The lowest BCUT2D eigenvalue weighted by Crippen LogP contribution is -2.22. The minimum atomic E-state index is -0.454. The van der Waals surface area contributed by atoms with E-state index in [9.17, 15) is 14.4 Å². The first-order chi connectivity index (χ1) is 11.8. The van der Waals surface area contributed by atoms with Gasteiger partial charge < -0.3 is 14.8 Å². The third-order valence-electron chi connectivity index (χ3n) is 3.99. The fourth-order valence-corrected chi connectivity index (χ4v) is 3.54. The van der Waals surface area contributed by atoms with Crippen LogP contribution in [0.1, 0.15) is 50.0 Å². The smallest absolute Gasteiger partial charge is 0.341 e. The third kappa shape index (κ3) is 5.29. The van der Waals surface area contributed by atoms with E-state index >= 15 is 0 Å². The molecular formula is C18H25NO5S.